The summed E-state index contributed by atoms with van der Waals surface area (Å²) in [5.74, 6) is 0. The van der Waals surface area contributed by atoms with E-state index in [-0.39, 0.29) is 0 Å². The highest BCUT2D eigenvalue weighted by Gasteiger charge is 2.16. The molecule has 5 heteroatoms. The number of hydrogen-bond donors (Lipinski definition) is 1. The number of thiazole rings is 1. The van der Waals surface area contributed by atoms with Crippen LogP contribution in [0.3, 0.4) is 0 Å². The largest absolute Gasteiger partial charge is 0.375 e. The van der Waals surface area contributed by atoms with Gasteiger partial charge in [0.15, 0.2) is 5.13 Å². The van der Waals surface area contributed by atoms with Gasteiger partial charge < -0.3 is 5.73 Å². The minimum Gasteiger partial charge on any atom is -0.375 e. The van der Waals surface area contributed by atoms with Crippen molar-refractivity contribution in [3.8, 4) is 0 Å². The zero-order chi connectivity index (χ0) is 16.4. The number of benzene rings is 1. The maximum atomic E-state index is 5.80. The molecule has 1 aromatic carbocycles. The number of aromatic nitrogens is 2. The van der Waals surface area contributed by atoms with Gasteiger partial charge in [0.25, 0.3) is 0 Å². The third kappa shape index (κ3) is 3.32. The van der Waals surface area contributed by atoms with Crippen LogP contribution in [0.2, 0.25) is 0 Å². The van der Waals surface area contributed by atoms with E-state index in [0.29, 0.717) is 5.13 Å². The molecule has 3 heterocycles. The summed E-state index contributed by atoms with van der Waals surface area (Å²) in [7, 11) is 0. The molecule has 0 fully saturated rings. The van der Waals surface area contributed by atoms with Crippen molar-refractivity contribution in [2.45, 2.75) is 12.8 Å². The van der Waals surface area contributed by atoms with Crippen LogP contribution in [0.25, 0.3) is 16.8 Å². The molecule has 0 atom stereocenters. The third-order valence-electron chi connectivity index (χ3n) is 4.42. The van der Waals surface area contributed by atoms with Crippen molar-refractivity contribution in [1.82, 2.24) is 14.9 Å². The van der Waals surface area contributed by atoms with Gasteiger partial charge in [0.1, 0.15) is 0 Å². The summed E-state index contributed by atoms with van der Waals surface area (Å²) >= 11 is 1.64. The Morgan fingerprint density at radius 1 is 1.17 bits per heavy atom. The van der Waals surface area contributed by atoms with Crippen LogP contribution in [-0.4, -0.2) is 34.5 Å². The average molecular weight is 336 g/mol. The molecule has 0 saturated carbocycles. The van der Waals surface area contributed by atoms with Crippen LogP contribution in [-0.2, 0) is 12.8 Å². The lowest BCUT2D eigenvalue weighted by atomic mass is 10.1. The Balaban J connectivity index is 1.39. The molecule has 0 bridgehead atoms. The van der Waals surface area contributed by atoms with E-state index in [1.165, 1.54) is 21.3 Å². The molecule has 2 N–H and O–H groups in total. The normalized spacial score (nSPS) is 15.7. The van der Waals surface area contributed by atoms with E-state index in [0.717, 1.165) is 38.2 Å². The zero-order valence-electron chi connectivity index (χ0n) is 13.5. The van der Waals surface area contributed by atoms with Gasteiger partial charge in [0.2, 0.25) is 0 Å². The first-order valence-corrected chi connectivity index (χ1v) is 9.07. The molecule has 4 nitrogen and oxygen atoms in total. The van der Waals surface area contributed by atoms with Gasteiger partial charge in [-0.15, -0.1) is 11.3 Å². The Morgan fingerprint density at radius 3 is 2.92 bits per heavy atom. The van der Waals surface area contributed by atoms with Crippen LogP contribution in [0.15, 0.2) is 42.6 Å². The van der Waals surface area contributed by atoms with E-state index < -0.39 is 0 Å². The van der Waals surface area contributed by atoms with Gasteiger partial charge in [-0.3, -0.25) is 9.88 Å². The fraction of sp³-hybridized carbons (Fsp3) is 0.263. The first-order chi connectivity index (χ1) is 11.8. The number of nitrogen functional groups attached to an aromatic ring is 1. The van der Waals surface area contributed by atoms with Gasteiger partial charge in [-0.25, -0.2) is 4.98 Å². The smallest absolute Gasteiger partial charge is 0.180 e. The monoisotopic (exact) mass is 336 g/mol. The molecule has 122 valence electrons. The SMILES string of the molecule is Nc1nc2c(s1)CCN(CC=Cc1cc3ccccc3cn1)CC2. The standard InChI is InChI=1S/C19H20N4S/c20-19-22-17-7-10-23(11-8-18(17)24-19)9-3-6-16-12-14-4-1-2-5-15(14)13-21-16/h1-6,12-13H,7-11H2,(H2,20,22). The molecule has 0 unspecified atom stereocenters. The van der Waals surface area contributed by atoms with Gasteiger partial charge in [0, 0.05) is 42.5 Å². The predicted molar refractivity (Wildman–Crippen MR) is 101 cm³/mol. The molecule has 3 aromatic rings. The van der Waals surface area contributed by atoms with Gasteiger partial charge in [-0.2, -0.15) is 0 Å². The predicted octanol–water partition coefficient (Wildman–Crippen LogP) is 3.39. The summed E-state index contributed by atoms with van der Waals surface area (Å²) in [6.07, 6.45) is 8.30. The van der Waals surface area contributed by atoms with Crippen molar-refractivity contribution in [3.63, 3.8) is 0 Å². The Labute approximate surface area is 145 Å². The number of nitrogens with zero attached hydrogens (tertiary/aromatic N) is 3. The summed E-state index contributed by atoms with van der Waals surface area (Å²) in [4.78, 5) is 12.8. The van der Waals surface area contributed by atoms with E-state index in [1.54, 1.807) is 11.3 Å². The topological polar surface area (TPSA) is 55.0 Å². The number of rotatable bonds is 3. The fourth-order valence-electron chi connectivity index (χ4n) is 3.13. The van der Waals surface area contributed by atoms with Crippen molar-refractivity contribution in [2.24, 2.45) is 0 Å². The fourth-order valence-corrected chi connectivity index (χ4v) is 3.99. The van der Waals surface area contributed by atoms with Gasteiger partial charge in [0.05, 0.1) is 11.4 Å². The quantitative estimate of drug-likeness (QED) is 0.796. The maximum absolute atomic E-state index is 5.80. The van der Waals surface area contributed by atoms with E-state index in [2.05, 4.69) is 51.3 Å². The average Bonchev–Trinajstić information content (AvgIpc) is 2.86. The Hall–Kier alpha value is -2.24. The molecule has 2 aromatic heterocycles. The van der Waals surface area contributed by atoms with Gasteiger partial charge in [-0.05, 0) is 23.9 Å². The molecule has 4 rings (SSSR count). The molecule has 24 heavy (non-hydrogen) atoms. The number of nitrogens with two attached hydrogens (primary N) is 1. The molecule has 0 radical (unpaired) electrons. The lowest BCUT2D eigenvalue weighted by Gasteiger charge is -2.17. The summed E-state index contributed by atoms with van der Waals surface area (Å²) in [5, 5.41) is 3.12. The first kappa shape index (κ1) is 15.3. The Morgan fingerprint density at radius 2 is 2.00 bits per heavy atom. The van der Waals surface area contributed by atoms with Crippen molar-refractivity contribution >= 4 is 33.3 Å². The highest BCUT2D eigenvalue weighted by Crippen LogP contribution is 2.24. The second-order valence-electron chi connectivity index (χ2n) is 6.08. The van der Waals surface area contributed by atoms with Crippen molar-refractivity contribution in [2.75, 3.05) is 25.4 Å². The van der Waals surface area contributed by atoms with E-state index in [1.807, 2.05) is 12.3 Å². The van der Waals surface area contributed by atoms with Crippen LogP contribution in [0.5, 0.6) is 0 Å². The van der Waals surface area contributed by atoms with E-state index in [4.69, 9.17) is 5.73 Å². The van der Waals surface area contributed by atoms with Crippen LogP contribution >= 0.6 is 11.3 Å². The molecular formula is C19H20N4S. The number of pyridine rings is 1. The zero-order valence-corrected chi connectivity index (χ0v) is 14.3. The molecule has 0 amide bonds. The van der Waals surface area contributed by atoms with E-state index >= 15 is 0 Å². The summed E-state index contributed by atoms with van der Waals surface area (Å²) in [5.41, 5.74) is 8.01. The second kappa shape index (κ2) is 6.71. The number of anilines is 1. The van der Waals surface area contributed by atoms with Crippen molar-refractivity contribution in [1.29, 1.82) is 0 Å². The molecule has 0 saturated heterocycles. The summed E-state index contributed by atoms with van der Waals surface area (Å²) in [6.45, 7) is 3.04. The van der Waals surface area contributed by atoms with Crippen molar-refractivity contribution in [3.05, 3.63) is 58.9 Å². The summed E-state index contributed by atoms with van der Waals surface area (Å²) < 4.78 is 0. The highest BCUT2D eigenvalue weighted by molar-refractivity contribution is 7.15. The molecule has 0 spiro atoms. The third-order valence-corrected chi connectivity index (χ3v) is 5.41. The maximum Gasteiger partial charge on any atom is 0.180 e. The Kier molecular flexibility index (Phi) is 4.28. The molecule has 1 aliphatic heterocycles. The van der Waals surface area contributed by atoms with Gasteiger partial charge >= 0.3 is 0 Å². The minimum atomic E-state index is 0.704. The second-order valence-corrected chi connectivity index (χ2v) is 7.20. The number of fused-ring (bicyclic) bond motifs is 2. The van der Waals surface area contributed by atoms with Crippen LogP contribution < -0.4 is 5.73 Å². The lowest BCUT2D eigenvalue weighted by molar-refractivity contribution is 0.318. The minimum absolute atomic E-state index is 0.704. The van der Waals surface area contributed by atoms with Crippen LogP contribution in [0.1, 0.15) is 16.3 Å². The number of hydrogen-bond acceptors (Lipinski definition) is 5. The lowest BCUT2D eigenvalue weighted by Crippen LogP contribution is -2.26. The van der Waals surface area contributed by atoms with Crippen molar-refractivity contribution < 1.29 is 0 Å². The molecule has 1 aliphatic rings. The summed E-state index contributed by atoms with van der Waals surface area (Å²) in [6, 6.07) is 10.5. The molecule has 0 aliphatic carbocycles. The van der Waals surface area contributed by atoms with Crippen LogP contribution in [0, 0.1) is 0 Å². The first-order valence-electron chi connectivity index (χ1n) is 8.26. The van der Waals surface area contributed by atoms with E-state index in [9.17, 15) is 0 Å². The molecular weight excluding hydrogens is 316 g/mol. The Bertz CT molecular complexity index is 858. The highest BCUT2D eigenvalue weighted by atomic mass is 32.1. The van der Waals surface area contributed by atoms with Gasteiger partial charge in [-0.1, -0.05) is 30.3 Å². The van der Waals surface area contributed by atoms with Crippen LogP contribution in [0.4, 0.5) is 5.13 Å².